The molecule has 0 saturated heterocycles. The van der Waals surface area contributed by atoms with Crippen molar-refractivity contribution < 1.29 is 18.0 Å². The van der Waals surface area contributed by atoms with Crippen LogP contribution in [0, 0.1) is 0 Å². The molecule has 1 unspecified atom stereocenters. The lowest BCUT2D eigenvalue weighted by molar-refractivity contribution is -0.139. The van der Waals surface area contributed by atoms with Gasteiger partial charge in [-0.25, -0.2) is 8.42 Å². The van der Waals surface area contributed by atoms with Crippen molar-refractivity contribution in [2.75, 3.05) is 6.54 Å². The molecule has 2 heterocycles. The Morgan fingerprint density at radius 3 is 2.42 bits per heavy atom. The molecule has 1 aliphatic carbocycles. The molecule has 24 heavy (non-hydrogen) atoms. The zero-order valence-electron chi connectivity index (χ0n) is 12.6. The molecule has 2 aromatic heterocycles. The lowest BCUT2D eigenvalue weighted by atomic mass is 10.3. The fraction of sp³-hybridized carbons (Fsp3) is 0.333. The lowest BCUT2D eigenvalue weighted by Crippen LogP contribution is -2.42. The van der Waals surface area contributed by atoms with E-state index in [1.165, 1.54) is 11.3 Å². The highest BCUT2D eigenvalue weighted by atomic mass is 32.2. The Labute approximate surface area is 147 Å². The van der Waals surface area contributed by atoms with E-state index in [4.69, 9.17) is 0 Å². The zero-order valence-corrected chi connectivity index (χ0v) is 15.0. The van der Waals surface area contributed by atoms with E-state index >= 15 is 0 Å². The van der Waals surface area contributed by atoms with E-state index < -0.39 is 26.9 Å². The maximum atomic E-state index is 12.8. The third kappa shape index (κ3) is 3.85. The molecule has 0 aliphatic heterocycles. The quantitative estimate of drug-likeness (QED) is 0.742. The van der Waals surface area contributed by atoms with Crippen LogP contribution in [0.5, 0.6) is 0 Å². The van der Waals surface area contributed by atoms with E-state index in [-0.39, 0.29) is 16.8 Å². The minimum atomic E-state index is -3.63. The first-order valence-electron chi connectivity index (χ1n) is 7.38. The van der Waals surface area contributed by atoms with Crippen molar-refractivity contribution in [1.29, 1.82) is 0 Å². The van der Waals surface area contributed by atoms with Gasteiger partial charge < -0.3 is 10.6 Å². The van der Waals surface area contributed by atoms with Crippen LogP contribution in [0.1, 0.15) is 23.0 Å². The highest BCUT2D eigenvalue weighted by molar-refractivity contribution is 7.93. The topological polar surface area (TPSA) is 92.3 Å². The second kappa shape index (κ2) is 7.04. The average molecular weight is 385 g/mol. The Morgan fingerprint density at radius 1 is 1.12 bits per heavy atom. The fourth-order valence-corrected chi connectivity index (χ4v) is 6.14. The minimum absolute atomic E-state index is 0.0752. The molecule has 1 aliphatic rings. The highest BCUT2D eigenvalue weighted by Gasteiger charge is 2.32. The van der Waals surface area contributed by atoms with Gasteiger partial charge in [-0.1, -0.05) is 12.1 Å². The van der Waals surface area contributed by atoms with Gasteiger partial charge in [-0.2, -0.15) is 0 Å². The number of carbonyl (C=O) groups excluding carboxylic acids is 2. The molecule has 0 spiro atoms. The summed E-state index contributed by atoms with van der Waals surface area (Å²) in [5.41, 5.74) is 0. The van der Waals surface area contributed by atoms with Gasteiger partial charge in [0.05, 0.1) is 0 Å². The fourth-order valence-electron chi connectivity index (χ4n) is 2.15. The lowest BCUT2D eigenvalue weighted by Gasteiger charge is -2.16. The Kier molecular flexibility index (Phi) is 5.02. The van der Waals surface area contributed by atoms with E-state index in [1.807, 2.05) is 0 Å². The molecule has 2 N–H and O–H groups in total. The molecule has 1 saturated carbocycles. The summed E-state index contributed by atoms with van der Waals surface area (Å²) in [7, 11) is -3.63. The van der Waals surface area contributed by atoms with Crippen LogP contribution in [0.4, 0.5) is 0 Å². The predicted molar refractivity (Wildman–Crippen MR) is 92.7 cm³/mol. The SMILES string of the molecule is O=C(NCC(c1cccs1)S(=O)(=O)c1cccs1)C(=O)NC1CC1. The van der Waals surface area contributed by atoms with Crippen molar-refractivity contribution in [3.8, 4) is 0 Å². The van der Waals surface area contributed by atoms with Crippen molar-refractivity contribution in [3.63, 3.8) is 0 Å². The zero-order chi connectivity index (χ0) is 17.2. The first kappa shape index (κ1) is 17.1. The van der Waals surface area contributed by atoms with E-state index in [0.717, 1.165) is 24.2 Å². The number of amides is 2. The summed E-state index contributed by atoms with van der Waals surface area (Å²) in [6.45, 7) is -0.141. The van der Waals surface area contributed by atoms with Crippen LogP contribution in [0.15, 0.2) is 39.2 Å². The number of hydrogen-bond donors (Lipinski definition) is 2. The number of rotatable bonds is 6. The largest absolute Gasteiger partial charge is 0.346 e. The number of nitrogens with one attached hydrogen (secondary N) is 2. The molecule has 0 bridgehead atoms. The Morgan fingerprint density at radius 2 is 1.83 bits per heavy atom. The Balaban J connectivity index is 1.74. The first-order chi connectivity index (χ1) is 11.5. The van der Waals surface area contributed by atoms with E-state index in [1.54, 1.807) is 35.0 Å². The second-order valence-electron chi connectivity index (χ2n) is 5.44. The van der Waals surface area contributed by atoms with Crippen LogP contribution in [0.25, 0.3) is 0 Å². The second-order valence-corrected chi connectivity index (χ2v) is 9.72. The molecular formula is C15H16N2O4S3. The van der Waals surface area contributed by atoms with Crippen molar-refractivity contribution in [1.82, 2.24) is 10.6 Å². The summed E-state index contributed by atoms with van der Waals surface area (Å²) in [6, 6.07) is 6.77. The molecule has 3 rings (SSSR count). The number of thiophene rings is 2. The van der Waals surface area contributed by atoms with Crippen LogP contribution < -0.4 is 10.6 Å². The molecule has 0 aromatic carbocycles. The van der Waals surface area contributed by atoms with Gasteiger partial charge in [0.2, 0.25) is 0 Å². The molecule has 2 aromatic rings. The molecule has 0 radical (unpaired) electrons. The minimum Gasteiger partial charge on any atom is -0.346 e. The summed E-state index contributed by atoms with van der Waals surface area (Å²) in [5.74, 6) is -1.51. The number of sulfone groups is 1. The smallest absolute Gasteiger partial charge is 0.309 e. The molecule has 2 amide bonds. The monoisotopic (exact) mass is 384 g/mol. The summed E-state index contributed by atoms with van der Waals surface area (Å²) in [6.07, 6.45) is 1.76. The maximum Gasteiger partial charge on any atom is 0.309 e. The highest BCUT2D eigenvalue weighted by Crippen LogP contribution is 2.33. The summed E-state index contributed by atoms with van der Waals surface area (Å²) < 4.78 is 25.9. The number of carbonyl (C=O) groups is 2. The van der Waals surface area contributed by atoms with Crippen LogP contribution in [-0.2, 0) is 19.4 Å². The van der Waals surface area contributed by atoms with Crippen molar-refractivity contribution in [3.05, 3.63) is 39.9 Å². The molecule has 9 heteroatoms. The van der Waals surface area contributed by atoms with Crippen LogP contribution >= 0.6 is 22.7 Å². The predicted octanol–water partition coefficient (Wildman–Crippen LogP) is 1.72. The Bertz CT molecular complexity index is 809. The van der Waals surface area contributed by atoms with Gasteiger partial charge in [-0.3, -0.25) is 9.59 Å². The number of hydrogen-bond acceptors (Lipinski definition) is 6. The van der Waals surface area contributed by atoms with Crippen molar-refractivity contribution in [2.24, 2.45) is 0 Å². The van der Waals surface area contributed by atoms with E-state index in [9.17, 15) is 18.0 Å². The van der Waals surface area contributed by atoms with Crippen molar-refractivity contribution >= 4 is 44.3 Å². The average Bonchev–Trinajstić information content (AvgIpc) is 3.03. The van der Waals surface area contributed by atoms with Gasteiger partial charge in [-0.05, 0) is 35.7 Å². The third-order valence-corrected chi connectivity index (χ3v) is 8.23. The summed E-state index contributed by atoms with van der Waals surface area (Å²) in [5, 5.41) is 7.61. The van der Waals surface area contributed by atoms with Gasteiger partial charge in [0.1, 0.15) is 9.46 Å². The van der Waals surface area contributed by atoms with Crippen LogP contribution in [0.3, 0.4) is 0 Å². The van der Waals surface area contributed by atoms with Crippen LogP contribution in [-0.4, -0.2) is 32.8 Å². The van der Waals surface area contributed by atoms with E-state index in [2.05, 4.69) is 10.6 Å². The van der Waals surface area contributed by atoms with Crippen molar-refractivity contribution in [2.45, 2.75) is 28.3 Å². The molecule has 6 nitrogen and oxygen atoms in total. The normalized spacial score (nSPS) is 15.7. The standard InChI is InChI=1S/C15H16N2O4S3/c18-14(15(19)17-10-5-6-10)16-9-12(11-3-1-7-22-11)24(20,21)13-4-2-8-23-13/h1-4,7-8,10,12H,5-6,9H2,(H,16,18)(H,17,19). The summed E-state index contributed by atoms with van der Waals surface area (Å²) >= 11 is 2.45. The van der Waals surface area contributed by atoms with E-state index in [0.29, 0.717) is 4.88 Å². The van der Waals surface area contributed by atoms with Gasteiger partial charge in [0.15, 0.2) is 9.84 Å². The first-order valence-corrected chi connectivity index (χ1v) is 10.7. The van der Waals surface area contributed by atoms with Gasteiger partial charge in [-0.15, -0.1) is 22.7 Å². The van der Waals surface area contributed by atoms with Crippen LogP contribution in [0.2, 0.25) is 0 Å². The van der Waals surface area contributed by atoms with Gasteiger partial charge >= 0.3 is 11.8 Å². The molecule has 1 atom stereocenters. The molecular weight excluding hydrogens is 368 g/mol. The third-order valence-electron chi connectivity index (χ3n) is 3.58. The summed E-state index contributed by atoms with van der Waals surface area (Å²) in [4.78, 5) is 24.2. The molecule has 128 valence electrons. The molecule has 1 fully saturated rings. The maximum absolute atomic E-state index is 12.8. The Hall–Kier alpha value is -1.71. The van der Waals surface area contributed by atoms with Gasteiger partial charge in [0, 0.05) is 17.5 Å². The van der Waals surface area contributed by atoms with Gasteiger partial charge in [0.25, 0.3) is 0 Å².